The zero-order valence-corrected chi connectivity index (χ0v) is 11.3. The van der Waals surface area contributed by atoms with E-state index in [1.165, 1.54) is 0 Å². The van der Waals surface area contributed by atoms with Crippen molar-refractivity contribution in [2.24, 2.45) is 0 Å². The van der Waals surface area contributed by atoms with E-state index in [9.17, 15) is 0 Å². The molecule has 0 radical (unpaired) electrons. The number of rotatable bonds is 10. The van der Waals surface area contributed by atoms with Gasteiger partial charge in [-0.1, -0.05) is 0 Å². The third-order valence-corrected chi connectivity index (χ3v) is 3.08. The van der Waals surface area contributed by atoms with Crippen molar-refractivity contribution in [3.63, 3.8) is 0 Å². The van der Waals surface area contributed by atoms with Crippen LogP contribution in [0.25, 0.3) is 0 Å². The summed E-state index contributed by atoms with van der Waals surface area (Å²) in [7, 11) is 0. The van der Waals surface area contributed by atoms with Gasteiger partial charge in [0.1, 0.15) is 11.5 Å². The Hall–Kier alpha value is -1.48. The molecule has 2 aromatic heterocycles. The Morgan fingerprint density at radius 2 is 1.26 bits per heavy atom. The van der Waals surface area contributed by atoms with Gasteiger partial charge >= 0.3 is 0 Å². The van der Waals surface area contributed by atoms with Crippen LogP contribution in [0.1, 0.15) is 37.2 Å². The van der Waals surface area contributed by atoms with Crippen LogP contribution >= 0.6 is 0 Å². The highest BCUT2D eigenvalue weighted by Gasteiger charge is 1.97. The lowest BCUT2D eigenvalue weighted by atomic mass is 10.2. The summed E-state index contributed by atoms with van der Waals surface area (Å²) in [4.78, 5) is 0. The number of hydrogen-bond acceptors (Lipinski definition) is 3. The minimum absolute atomic E-state index is 0.849. The molecule has 2 rings (SSSR count). The van der Waals surface area contributed by atoms with Crippen LogP contribution in [0.2, 0.25) is 0 Å². The molecule has 0 aliphatic heterocycles. The molecule has 2 heterocycles. The van der Waals surface area contributed by atoms with E-state index in [4.69, 9.17) is 13.6 Å². The molecule has 0 fully saturated rings. The highest BCUT2D eigenvalue weighted by Crippen LogP contribution is 2.07. The minimum atomic E-state index is 0.849. The number of ether oxygens (including phenoxy) is 1. The van der Waals surface area contributed by atoms with Gasteiger partial charge < -0.3 is 13.6 Å². The summed E-state index contributed by atoms with van der Waals surface area (Å²) in [6.45, 7) is 1.70. The predicted octanol–water partition coefficient (Wildman–Crippen LogP) is 4.23. The second kappa shape index (κ2) is 8.59. The molecule has 3 nitrogen and oxygen atoms in total. The maximum Gasteiger partial charge on any atom is 0.103 e. The predicted molar refractivity (Wildman–Crippen MR) is 74.1 cm³/mol. The van der Waals surface area contributed by atoms with Crippen LogP contribution in [0.15, 0.2) is 45.6 Å². The van der Waals surface area contributed by atoms with Gasteiger partial charge in [-0.2, -0.15) is 0 Å². The molecule has 2 aromatic rings. The highest BCUT2D eigenvalue weighted by atomic mass is 16.5. The van der Waals surface area contributed by atoms with Crippen LogP contribution in [0.4, 0.5) is 0 Å². The van der Waals surface area contributed by atoms with Crippen LogP contribution in [-0.4, -0.2) is 13.2 Å². The SMILES string of the molecule is c1coc(CCCCOCCCCc2ccco2)c1. The number of hydrogen-bond donors (Lipinski definition) is 0. The first kappa shape index (κ1) is 13.9. The average Bonchev–Trinajstić information content (AvgIpc) is 3.10. The quantitative estimate of drug-likeness (QED) is 0.601. The maximum absolute atomic E-state index is 5.61. The van der Waals surface area contributed by atoms with Gasteiger partial charge in [0.05, 0.1) is 12.5 Å². The summed E-state index contributed by atoms with van der Waals surface area (Å²) in [6, 6.07) is 7.92. The summed E-state index contributed by atoms with van der Waals surface area (Å²) in [5.74, 6) is 2.14. The van der Waals surface area contributed by atoms with Crippen LogP contribution in [0.5, 0.6) is 0 Å². The fourth-order valence-corrected chi connectivity index (χ4v) is 2.02. The number of aryl methyl sites for hydroxylation is 2. The molecule has 0 atom stereocenters. The van der Waals surface area contributed by atoms with E-state index in [0.717, 1.165) is 63.3 Å². The first-order valence-electron chi connectivity index (χ1n) is 7.07. The van der Waals surface area contributed by atoms with Gasteiger partial charge in [0.25, 0.3) is 0 Å². The first-order valence-corrected chi connectivity index (χ1v) is 7.07. The van der Waals surface area contributed by atoms with Crippen LogP contribution in [-0.2, 0) is 17.6 Å². The van der Waals surface area contributed by atoms with Gasteiger partial charge in [0, 0.05) is 26.1 Å². The Labute approximate surface area is 114 Å². The Morgan fingerprint density at radius 1 is 0.737 bits per heavy atom. The maximum atomic E-state index is 5.61. The lowest BCUT2D eigenvalue weighted by molar-refractivity contribution is 0.126. The van der Waals surface area contributed by atoms with Gasteiger partial charge in [0.2, 0.25) is 0 Å². The smallest absolute Gasteiger partial charge is 0.103 e. The molecule has 0 aliphatic rings. The molecule has 0 aliphatic carbocycles. The fourth-order valence-electron chi connectivity index (χ4n) is 2.02. The molecule has 0 N–H and O–H groups in total. The van der Waals surface area contributed by atoms with Crippen molar-refractivity contribution in [2.75, 3.05) is 13.2 Å². The first-order chi connectivity index (χ1) is 9.45. The zero-order chi connectivity index (χ0) is 13.2. The van der Waals surface area contributed by atoms with Gasteiger partial charge in [-0.15, -0.1) is 0 Å². The van der Waals surface area contributed by atoms with E-state index in [1.54, 1.807) is 12.5 Å². The summed E-state index contributed by atoms with van der Waals surface area (Å²) in [6.07, 6.45) is 9.91. The standard InChI is InChI=1S/C16H22O3/c1(7-15-9-5-13-18-15)3-11-17-12-4-2-8-16-10-6-14-19-16/h5-6,9-10,13-14H,1-4,7-8,11-12H2. The Bertz CT molecular complexity index is 363. The molecule has 0 unspecified atom stereocenters. The van der Waals surface area contributed by atoms with Crippen molar-refractivity contribution in [3.05, 3.63) is 48.3 Å². The Kier molecular flexibility index (Phi) is 6.30. The van der Waals surface area contributed by atoms with E-state index < -0.39 is 0 Å². The molecule has 0 amide bonds. The van der Waals surface area contributed by atoms with Gasteiger partial charge in [-0.3, -0.25) is 0 Å². The topological polar surface area (TPSA) is 35.5 Å². The van der Waals surface area contributed by atoms with Crippen molar-refractivity contribution in [1.82, 2.24) is 0 Å². The molecule has 19 heavy (non-hydrogen) atoms. The molecule has 0 aromatic carbocycles. The van der Waals surface area contributed by atoms with Crippen molar-refractivity contribution < 1.29 is 13.6 Å². The second-order valence-electron chi connectivity index (χ2n) is 4.69. The molecular weight excluding hydrogens is 240 g/mol. The van der Waals surface area contributed by atoms with E-state index in [-0.39, 0.29) is 0 Å². The fraction of sp³-hybridized carbons (Fsp3) is 0.500. The van der Waals surface area contributed by atoms with Crippen molar-refractivity contribution >= 4 is 0 Å². The van der Waals surface area contributed by atoms with E-state index in [0.29, 0.717) is 0 Å². The third kappa shape index (κ3) is 5.79. The van der Waals surface area contributed by atoms with E-state index in [2.05, 4.69) is 0 Å². The monoisotopic (exact) mass is 262 g/mol. The summed E-state index contributed by atoms with van der Waals surface area (Å²) < 4.78 is 16.2. The summed E-state index contributed by atoms with van der Waals surface area (Å²) in [5, 5.41) is 0. The Balaban J connectivity index is 1.36. The molecule has 3 heteroatoms. The molecule has 0 bridgehead atoms. The van der Waals surface area contributed by atoms with Gasteiger partial charge in [-0.25, -0.2) is 0 Å². The summed E-state index contributed by atoms with van der Waals surface area (Å²) >= 11 is 0. The number of unbranched alkanes of at least 4 members (excludes halogenated alkanes) is 2. The minimum Gasteiger partial charge on any atom is -0.469 e. The van der Waals surface area contributed by atoms with Crippen molar-refractivity contribution in [2.45, 2.75) is 38.5 Å². The molecule has 0 saturated carbocycles. The Morgan fingerprint density at radius 3 is 1.68 bits per heavy atom. The zero-order valence-electron chi connectivity index (χ0n) is 11.3. The largest absolute Gasteiger partial charge is 0.469 e. The lowest BCUT2D eigenvalue weighted by Gasteiger charge is -2.03. The number of furan rings is 2. The third-order valence-electron chi connectivity index (χ3n) is 3.08. The lowest BCUT2D eigenvalue weighted by Crippen LogP contribution is -1.98. The van der Waals surface area contributed by atoms with Crippen LogP contribution < -0.4 is 0 Å². The van der Waals surface area contributed by atoms with Crippen molar-refractivity contribution in [1.29, 1.82) is 0 Å². The normalized spacial score (nSPS) is 10.9. The van der Waals surface area contributed by atoms with Gasteiger partial charge in [-0.05, 0) is 49.9 Å². The van der Waals surface area contributed by atoms with E-state index >= 15 is 0 Å². The molecular formula is C16H22O3. The van der Waals surface area contributed by atoms with E-state index in [1.807, 2.05) is 24.3 Å². The molecule has 104 valence electrons. The highest BCUT2D eigenvalue weighted by molar-refractivity contribution is 4.98. The van der Waals surface area contributed by atoms with Gasteiger partial charge in [0.15, 0.2) is 0 Å². The second-order valence-corrected chi connectivity index (χ2v) is 4.69. The average molecular weight is 262 g/mol. The van der Waals surface area contributed by atoms with Crippen LogP contribution in [0.3, 0.4) is 0 Å². The van der Waals surface area contributed by atoms with Crippen molar-refractivity contribution in [3.8, 4) is 0 Å². The summed E-state index contributed by atoms with van der Waals surface area (Å²) in [5.41, 5.74) is 0. The van der Waals surface area contributed by atoms with Crippen LogP contribution in [0, 0.1) is 0 Å². The molecule has 0 saturated heterocycles. The molecule has 0 spiro atoms.